The molecule has 178 valence electrons. The highest BCUT2D eigenvalue weighted by molar-refractivity contribution is 5.99. The van der Waals surface area contributed by atoms with Gasteiger partial charge in [-0.25, -0.2) is 0 Å². The fourth-order valence-electron chi connectivity index (χ4n) is 4.82. The first-order valence-electron chi connectivity index (χ1n) is 12.0. The Labute approximate surface area is 205 Å². The van der Waals surface area contributed by atoms with E-state index in [1.54, 1.807) is 0 Å². The second kappa shape index (κ2) is 9.76. The quantitative estimate of drug-likeness (QED) is 0.344. The molecule has 1 aliphatic rings. The number of carbonyl (C=O) groups excluding carboxylic acids is 2. The van der Waals surface area contributed by atoms with E-state index >= 15 is 0 Å². The molecule has 3 aromatic carbocycles. The van der Waals surface area contributed by atoms with Crippen LogP contribution in [0.5, 0.6) is 0 Å². The number of aromatic amines is 1. The van der Waals surface area contributed by atoms with Gasteiger partial charge in [0.15, 0.2) is 0 Å². The molecule has 0 unspecified atom stereocenters. The predicted octanol–water partition coefficient (Wildman–Crippen LogP) is 4.17. The van der Waals surface area contributed by atoms with E-state index in [0.29, 0.717) is 19.4 Å². The van der Waals surface area contributed by atoms with E-state index in [9.17, 15) is 9.59 Å². The van der Waals surface area contributed by atoms with Crippen LogP contribution in [0.2, 0.25) is 0 Å². The van der Waals surface area contributed by atoms with Crippen LogP contribution in [0.1, 0.15) is 27.8 Å². The van der Waals surface area contributed by atoms with Crippen molar-refractivity contribution in [2.45, 2.75) is 45.3 Å². The first kappa shape index (κ1) is 22.9. The third-order valence-electron chi connectivity index (χ3n) is 6.77. The highest BCUT2D eigenvalue weighted by atomic mass is 16.2. The maximum atomic E-state index is 13.5. The van der Waals surface area contributed by atoms with Crippen LogP contribution in [-0.4, -0.2) is 28.9 Å². The minimum atomic E-state index is -0.721. The predicted molar refractivity (Wildman–Crippen MR) is 139 cm³/mol. The van der Waals surface area contributed by atoms with Crippen molar-refractivity contribution in [2.24, 2.45) is 0 Å². The van der Waals surface area contributed by atoms with Crippen LogP contribution in [0, 0.1) is 13.8 Å². The van der Waals surface area contributed by atoms with Crippen LogP contribution in [0.15, 0.2) is 72.9 Å². The van der Waals surface area contributed by atoms with Crippen LogP contribution >= 0.6 is 0 Å². The first-order valence-corrected chi connectivity index (χ1v) is 12.0. The molecule has 0 aliphatic carbocycles. The molecule has 0 radical (unpaired) electrons. The van der Waals surface area contributed by atoms with Gasteiger partial charge in [0, 0.05) is 35.8 Å². The molecule has 0 fully saturated rings. The van der Waals surface area contributed by atoms with Crippen LogP contribution in [-0.2, 0) is 29.0 Å². The summed E-state index contributed by atoms with van der Waals surface area (Å²) in [6, 6.07) is 20.9. The van der Waals surface area contributed by atoms with Crippen LogP contribution in [0.25, 0.3) is 10.9 Å². The third-order valence-corrected chi connectivity index (χ3v) is 6.77. The van der Waals surface area contributed by atoms with Crippen LogP contribution in [0.4, 0.5) is 5.69 Å². The number of carbonyl (C=O) groups is 2. The Kier molecular flexibility index (Phi) is 6.38. The van der Waals surface area contributed by atoms with Crippen LogP contribution in [0.3, 0.4) is 0 Å². The standard InChI is InChI=1S/C29H30N4O2/c1-18-11-12-24(19(2)13-18)32-29(35)27(15-22-17-30-25-10-6-5-9-23(22)25)33-28(34)26-14-20-7-3-4-8-21(20)16-31-26/h3-13,17,26-27,30-31H,14-16H2,1-2H3,(H,32,35)(H,33,34)/t26-,27+/m1/s1. The summed E-state index contributed by atoms with van der Waals surface area (Å²) in [4.78, 5) is 30.1. The highest BCUT2D eigenvalue weighted by Crippen LogP contribution is 2.22. The number of fused-ring (bicyclic) bond motifs is 2. The zero-order valence-electron chi connectivity index (χ0n) is 20.0. The first-order chi connectivity index (χ1) is 17.0. The van der Waals surface area contributed by atoms with Crippen molar-refractivity contribution in [3.8, 4) is 0 Å². The van der Waals surface area contributed by atoms with Crippen molar-refractivity contribution in [3.63, 3.8) is 0 Å². The number of rotatable bonds is 6. The summed E-state index contributed by atoms with van der Waals surface area (Å²) in [5, 5.41) is 10.5. The van der Waals surface area contributed by atoms with Crippen molar-refractivity contribution < 1.29 is 9.59 Å². The molecule has 0 spiro atoms. The Hall–Kier alpha value is -3.90. The summed E-state index contributed by atoms with van der Waals surface area (Å²) in [6.07, 6.45) is 2.90. The number of aromatic nitrogens is 1. The van der Waals surface area contributed by atoms with E-state index in [0.717, 1.165) is 33.3 Å². The highest BCUT2D eigenvalue weighted by Gasteiger charge is 2.29. The number of anilines is 1. The van der Waals surface area contributed by atoms with E-state index < -0.39 is 6.04 Å². The molecule has 1 aromatic heterocycles. The molecule has 1 aliphatic heterocycles. The number of aryl methyl sites for hydroxylation is 2. The summed E-state index contributed by atoms with van der Waals surface area (Å²) >= 11 is 0. The number of benzene rings is 3. The Morgan fingerprint density at radius 1 is 1.00 bits per heavy atom. The molecule has 6 heteroatoms. The summed E-state index contributed by atoms with van der Waals surface area (Å²) in [7, 11) is 0. The third kappa shape index (κ3) is 4.98. The molecule has 2 atom stereocenters. The van der Waals surface area contributed by atoms with Gasteiger partial charge in [-0.2, -0.15) is 0 Å². The van der Waals surface area contributed by atoms with E-state index in [1.807, 2.05) is 74.6 Å². The maximum absolute atomic E-state index is 13.5. The lowest BCUT2D eigenvalue weighted by molar-refractivity contribution is -0.128. The van der Waals surface area contributed by atoms with Gasteiger partial charge in [0.1, 0.15) is 6.04 Å². The van der Waals surface area contributed by atoms with Gasteiger partial charge in [0.2, 0.25) is 11.8 Å². The average Bonchev–Trinajstić information content (AvgIpc) is 3.27. The molecular weight excluding hydrogens is 436 g/mol. The number of nitrogens with one attached hydrogen (secondary N) is 4. The number of H-pyrrole nitrogens is 1. The molecule has 35 heavy (non-hydrogen) atoms. The molecule has 2 heterocycles. The van der Waals surface area contributed by atoms with Gasteiger partial charge in [0.05, 0.1) is 6.04 Å². The molecule has 0 saturated carbocycles. The van der Waals surface area contributed by atoms with Gasteiger partial charge in [-0.05, 0) is 54.7 Å². The zero-order valence-corrected chi connectivity index (χ0v) is 20.0. The fourth-order valence-corrected chi connectivity index (χ4v) is 4.82. The molecule has 5 rings (SSSR count). The number of para-hydroxylation sites is 1. The van der Waals surface area contributed by atoms with Crippen LogP contribution < -0.4 is 16.0 Å². The zero-order chi connectivity index (χ0) is 24.4. The lowest BCUT2D eigenvalue weighted by atomic mass is 9.95. The van der Waals surface area contributed by atoms with Crippen molar-refractivity contribution in [1.82, 2.24) is 15.6 Å². The normalized spacial score (nSPS) is 15.9. The van der Waals surface area contributed by atoms with Gasteiger partial charge in [0.25, 0.3) is 0 Å². The minimum Gasteiger partial charge on any atom is -0.361 e. The second-order valence-corrected chi connectivity index (χ2v) is 9.34. The molecular formula is C29H30N4O2. The average molecular weight is 467 g/mol. The van der Waals surface area contributed by atoms with Gasteiger partial charge in [-0.3, -0.25) is 9.59 Å². The van der Waals surface area contributed by atoms with Gasteiger partial charge < -0.3 is 20.9 Å². The van der Waals surface area contributed by atoms with E-state index in [-0.39, 0.29) is 17.9 Å². The summed E-state index contributed by atoms with van der Waals surface area (Å²) < 4.78 is 0. The maximum Gasteiger partial charge on any atom is 0.247 e. The Morgan fingerprint density at radius 2 is 1.77 bits per heavy atom. The Morgan fingerprint density at radius 3 is 2.60 bits per heavy atom. The largest absolute Gasteiger partial charge is 0.361 e. The number of hydrogen-bond acceptors (Lipinski definition) is 3. The van der Waals surface area contributed by atoms with Gasteiger partial charge in [-0.15, -0.1) is 0 Å². The molecule has 4 N–H and O–H groups in total. The van der Waals surface area contributed by atoms with Crippen molar-refractivity contribution in [1.29, 1.82) is 0 Å². The topological polar surface area (TPSA) is 86.0 Å². The lowest BCUT2D eigenvalue weighted by Gasteiger charge is -2.27. The SMILES string of the molecule is Cc1ccc(NC(=O)[C@H](Cc2c[nH]c3ccccc23)NC(=O)[C@H]2Cc3ccccc3CN2)c(C)c1. The smallest absolute Gasteiger partial charge is 0.247 e. The summed E-state index contributed by atoms with van der Waals surface area (Å²) in [5.74, 6) is -0.396. The van der Waals surface area contributed by atoms with E-state index in [4.69, 9.17) is 0 Å². The molecule has 2 amide bonds. The van der Waals surface area contributed by atoms with E-state index in [2.05, 4.69) is 33.1 Å². The lowest BCUT2D eigenvalue weighted by Crippen LogP contribution is -2.53. The molecule has 0 bridgehead atoms. The number of amides is 2. The molecule has 6 nitrogen and oxygen atoms in total. The summed E-state index contributed by atoms with van der Waals surface area (Å²) in [5.41, 5.74) is 7.24. The molecule has 0 saturated heterocycles. The molecule has 4 aromatic rings. The Bertz CT molecular complexity index is 1390. The van der Waals surface area contributed by atoms with Crippen molar-refractivity contribution in [2.75, 3.05) is 5.32 Å². The van der Waals surface area contributed by atoms with E-state index in [1.165, 1.54) is 11.1 Å². The minimum absolute atomic E-state index is 0.167. The second-order valence-electron chi connectivity index (χ2n) is 9.34. The summed E-state index contributed by atoms with van der Waals surface area (Å²) in [6.45, 7) is 4.63. The Balaban J connectivity index is 1.38. The van der Waals surface area contributed by atoms with Gasteiger partial charge in [-0.1, -0.05) is 60.2 Å². The monoisotopic (exact) mass is 466 g/mol. The number of hydrogen-bond donors (Lipinski definition) is 4. The van der Waals surface area contributed by atoms with Gasteiger partial charge >= 0.3 is 0 Å². The van der Waals surface area contributed by atoms with Crippen molar-refractivity contribution in [3.05, 3.63) is 101 Å². The van der Waals surface area contributed by atoms with Crippen molar-refractivity contribution >= 4 is 28.4 Å². The fraction of sp³-hybridized carbons (Fsp3) is 0.241.